The van der Waals surface area contributed by atoms with E-state index in [2.05, 4.69) is 0 Å². The molecule has 0 amide bonds. The minimum absolute atomic E-state index is 0.0250. The third kappa shape index (κ3) is 3.95. The summed E-state index contributed by atoms with van der Waals surface area (Å²) >= 11 is 5.99. The molecule has 9 heteroatoms. The van der Waals surface area contributed by atoms with E-state index in [4.69, 9.17) is 16.0 Å². The Morgan fingerprint density at radius 3 is 2.39 bits per heavy atom. The molecule has 1 aromatic carbocycles. The summed E-state index contributed by atoms with van der Waals surface area (Å²) in [6, 6.07) is 5.30. The predicted molar refractivity (Wildman–Crippen MR) is 86.5 cm³/mol. The van der Waals surface area contributed by atoms with Crippen LogP contribution in [-0.4, -0.2) is 33.9 Å². The van der Waals surface area contributed by atoms with E-state index in [-0.39, 0.29) is 27.9 Å². The van der Waals surface area contributed by atoms with E-state index in [9.17, 15) is 16.8 Å². The minimum Gasteiger partial charge on any atom is -0.472 e. The number of benzene rings is 1. The number of sulfone groups is 1. The standard InChI is InChI=1S/C14H16ClNO5S2/c1-3-16(9-11-6-7-21-10-11)23(19,20)14-8-12(22(2,17)18)4-5-13(14)15/h4-8,10H,3,9H2,1-2H3. The molecule has 0 N–H and O–H groups in total. The minimum atomic E-state index is -3.95. The lowest BCUT2D eigenvalue weighted by Gasteiger charge is -2.20. The van der Waals surface area contributed by atoms with Gasteiger partial charge in [-0.05, 0) is 24.3 Å². The van der Waals surface area contributed by atoms with Gasteiger partial charge in [-0.15, -0.1) is 0 Å². The monoisotopic (exact) mass is 377 g/mol. The molecule has 0 saturated carbocycles. The normalized spacial score (nSPS) is 12.7. The number of furan rings is 1. The van der Waals surface area contributed by atoms with E-state index >= 15 is 0 Å². The molecule has 0 bridgehead atoms. The van der Waals surface area contributed by atoms with E-state index in [1.54, 1.807) is 13.0 Å². The van der Waals surface area contributed by atoms with Crippen molar-refractivity contribution in [1.82, 2.24) is 4.31 Å². The molecule has 6 nitrogen and oxygen atoms in total. The average molecular weight is 378 g/mol. The van der Waals surface area contributed by atoms with Crippen molar-refractivity contribution in [3.8, 4) is 0 Å². The molecule has 0 aliphatic rings. The van der Waals surface area contributed by atoms with Crippen molar-refractivity contribution in [2.45, 2.75) is 23.3 Å². The number of nitrogens with zero attached hydrogens (tertiary/aromatic N) is 1. The summed E-state index contributed by atoms with van der Waals surface area (Å²) in [6.07, 6.45) is 3.91. The van der Waals surface area contributed by atoms with Crippen LogP contribution in [0.15, 0.2) is 51.0 Å². The van der Waals surface area contributed by atoms with Gasteiger partial charge in [-0.25, -0.2) is 16.8 Å². The molecular weight excluding hydrogens is 362 g/mol. The first-order valence-corrected chi connectivity index (χ1v) is 10.4. The van der Waals surface area contributed by atoms with Gasteiger partial charge in [-0.3, -0.25) is 0 Å². The van der Waals surface area contributed by atoms with E-state index in [1.807, 2.05) is 0 Å². The Morgan fingerprint density at radius 1 is 1.17 bits per heavy atom. The fourth-order valence-corrected chi connectivity index (χ4v) is 4.66. The zero-order valence-electron chi connectivity index (χ0n) is 12.6. The van der Waals surface area contributed by atoms with Gasteiger partial charge in [0, 0.05) is 24.9 Å². The second kappa shape index (κ2) is 6.64. The van der Waals surface area contributed by atoms with E-state index in [1.165, 1.54) is 29.0 Å². The van der Waals surface area contributed by atoms with Crippen LogP contribution in [0.25, 0.3) is 0 Å². The highest BCUT2D eigenvalue weighted by atomic mass is 35.5. The first-order valence-electron chi connectivity index (χ1n) is 6.67. The summed E-state index contributed by atoms with van der Waals surface area (Å²) in [5, 5.41) is -0.0250. The molecule has 1 heterocycles. The Labute approximate surface area is 140 Å². The number of hydrogen-bond donors (Lipinski definition) is 0. The molecule has 0 saturated heterocycles. The van der Waals surface area contributed by atoms with Gasteiger partial charge in [0.05, 0.1) is 22.4 Å². The molecule has 0 atom stereocenters. The third-order valence-electron chi connectivity index (χ3n) is 3.24. The highest BCUT2D eigenvalue weighted by Crippen LogP contribution is 2.28. The van der Waals surface area contributed by atoms with Crippen LogP contribution in [0.4, 0.5) is 0 Å². The topological polar surface area (TPSA) is 84.7 Å². The Balaban J connectivity index is 2.49. The summed E-state index contributed by atoms with van der Waals surface area (Å²) in [6.45, 7) is 1.99. The highest BCUT2D eigenvalue weighted by molar-refractivity contribution is 7.91. The lowest BCUT2D eigenvalue weighted by molar-refractivity contribution is 0.421. The van der Waals surface area contributed by atoms with Gasteiger partial charge in [-0.2, -0.15) is 4.31 Å². The van der Waals surface area contributed by atoms with Crippen LogP contribution < -0.4 is 0 Å². The zero-order valence-corrected chi connectivity index (χ0v) is 15.0. The lowest BCUT2D eigenvalue weighted by atomic mass is 10.3. The fourth-order valence-electron chi connectivity index (χ4n) is 2.00. The van der Waals surface area contributed by atoms with Crippen LogP contribution >= 0.6 is 11.6 Å². The highest BCUT2D eigenvalue weighted by Gasteiger charge is 2.27. The SMILES string of the molecule is CCN(Cc1ccoc1)S(=O)(=O)c1cc(S(C)(=O)=O)ccc1Cl. The maximum atomic E-state index is 12.8. The molecule has 2 aromatic rings. The Morgan fingerprint density at radius 2 is 1.87 bits per heavy atom. The van der Waals surface area contributed by atoms with Crippen molar-refractivity contribution >= 4 is 31.5 Å². The molecule has 23 heavy (non-hydrogen) atoms. The Bertz CT molecular complexity index is 889. The molecule has 2 rings (SSSR count). The Hall–Kier alpha value is -1.35. The van der Waals surface area contributed by atoms with E-state index in [0.29, 0.717) is 5.56 Å². The maximum absolute atomic E-state index is 12.8. The molecule has 1 aromatic heterocycles. The zero-order chi connectivity index (χ0) is 17.3. The summed E-state index contributed by atoms with van der Waals surface area (Å²) < 4.78 is 55.1. The smallest absolute Gasteiger partial charge is 0.244 e. The number of halogens is 1. The molecule has 0 fully saturated rings. The van der Waals surface area contributed by atoms with Crippen molar-refractivity contribution in [2.24, 2.45) is 0 Å². The van der Waals surface area contributed by atoms with Gasteiger partial charge in [0.1, 0.15) is 4.90 Å². The van der Waals surface area contributed by atoms with Crippen molar-refractivity contribution in [1.29, 1.82) is 0 Å². The van der Waals surface area contributed by atoms with Gasteiger partial charge in [0.15, 0.2) is 9.84 Å². The number of rotatable bonds is 6. The van der Waals surface area contributed by atoms with Crippen LogP contribution in [0.1, 0.15) is 12.5 Å². The van der Waals surface area contributed by atoms with Crippen LogP contribution in [0.5, 0.6) is 0 Å². The average Bonchev–Trinajstić information content (AvgIpc) is 2.96. The van der Waals surface area contributed by atoms with Crippen molar-refractivity contribution < 1.29 is 21.3 Å². The molecule has 0 radical (unpaired) electrons. The predicted octanol–water partition coefficient (Wildman–Crippen LogP) is 2.55. The van der Waals surface area contributed by atoms with Gasteiger partial charge in [-0.1, -0.05) is 18.5 Å². The van der Waals surface area contributed by atoms with Gasteiger partial charge < -0.3 is 4.42 Å². The molecule has 0 aliphatic heterocycles. The van der Waals surface area contributed by atoms with Crippen molar-refractivity contribution in [2.75, 3.05) is 12.8 Å². The Kier molecular flexibility index (Phi) is 5.20. The first-order chi connectivity index (χ1) is 10.7. The molecule has 0 unspecified atom stereocenters. The molecular formula is C14H16ClNO5S2. The largest absolute Gasteiger partial charge is 0.472 e. The van der Waals surface area contributed by atoms with E-state index < -0.39 is 19.9 Å². The maximum Gasteiger partial charge on any atom is 0.244 e. The third-order valence-corrected chi connectivity index (χ3v) is 6.75. The van der Waals surface area contributed by atoms with Crippen molar-refractivity contribution in [3.63, 3.8) is 0 Å². The number of sulfonamides is 1. The molecule has 0 spiro atoms. The van der Waals surface area contributed by atoms with Gasteiger partial charge in [0.25, 0.3) is 0 Å². The lowest BCUT2D eigenvalue weighted by Crippen LogP contribution is -2.30. The summed E-state index contributed by atoms with van der Waals surface area (Å²) in [5.74, 6) is 0. The fraction of sp³-hybridized carbons (Fsp3) is 0.286. The van der Waals surface area contributed by atoms with Crippen molar-refractivity contribution in [3.05, 3.63) is 47.4 Å². The number of hydrogen-bond acceptors (Lipinski definition) is 5. The van der Waals surface area contributed by atoms with Crippen LogP contribution in [-0.2, 0) is 26.4 Å². The summed E-state index contributed by atoms with van der Waals surface area (Å²) in [7, 11) is -7.49. The van der Waals surface area contributed by atoms with E-state index in [0.717, 1.165) is 12.3 Å². The second-order valence-corrected chi connectivity index (χ2v) is 9.26. The van der Waals surface area contributed by atoms with Crippen LogP contribution in [0.3, 0.4) is 0 Å². The molecule has 126 valence electrons. The quantitative estimate of drug-likeness (QED) is 0.772. The summed E-state index contributed by atoms with van der Waals surface area (Å²) in [5.41, 5.74) is 0.686. The molecule has 0 aliphatic carbocycles. The van der Waals surface area contributed by atoms with Gasteiger partial charge in [0.2, 0.25) is 10.0 Å². The van der Waals surface area contributed by atoms with Crippen LogP contribution in [0, 0.1) is 0 Å². The summed E-state index contributed by atoms with van der Waals surface area (Å²) in [4.78, 5) is -0.327. The van der Waals surface area contributed by atoms with Crippen LogP contribution in [0.2, 0.25) is 5.02 Å². The second-order valence-electron chi connectivity index (χ2n) is 4.93. The first kappa shape index (κ1) is 18.0. The van der Waals surface area contributed by atoms with Gasteiger partial charge >= 0.3 is 0 Å².